The summed E-state index contributed by atoms with van der Waals surface area (Å²) in [6, 6.07) is 15.6. The molecule has 1 aliphatic carbocycles. The van der Waals surface area contributed by atoms with Crippen molar-refractivity contribution in [1.29, 1.82) is 0 Å². The van der Waals surface area contributed by atoms with Gasteiger partial charge in [-0.15, -0.1) is 10.2 Å². The molecular weight excluding hydrogens is 729 g/mol. The number of piperidine rings is 1. The Balaban J connectivity index is 0.751. The van der Waals surface area contributed by atoms with Crippen molar-refractivity contribution in [3.05, 3.63) is 60.5 Å². The second-order valence-electron chi connectivity index (χ2n) is 16.1. The van der Waals surface area contributed by atoms with Crippen LogP contribution < -0.4 is 25.0 Å². The Morgan fingerprint density at radius 3 is 2.47 bits per heavy atom. The third-order valence-corrected chi connectivity index (χ3v) is 11.9. The molecule has 57 heavy (non-hydrogen) atoms. The number of aromatic hydroxyl groups is 1. The van der Waals surface area contributed by atoms with Crippen molar-refractivity contribution in [1.82, 2.24) is 25.2 Å². The molecule has 3 atom stereocenters. The zero-order valence-electron chi connectivity index (χ0n) is 33.0. The number of phenols is 1. The number of pyridine rings is 1. The molecule has 15 nitrogen and oxygen atoms in total. The van der Waals surface area contributed by atoms with Gasteiger partial charge in [-0.05, 0) is 67.4 Å². The summed E-state index contributed by atoms with van der Waals surface area (Å²) in [7, 11) is 1.38. The van der Waals surface area contributed by atoms with Crippen LogP contribution in [0.15, 0.2) is 59.3 Å². The number of carbonyl (C=O) groups is 1. The maximum atomic E-state index is 12.2. The Morgan fingerprint density at radius 2 is 1.74 bits per heavy atom. The fourth-order valence-electron chi connectivity index (χ4n) is 8.84. The number of rotatable bonds is 15. The van der Waals surface area contributed by atoms with E-state index < -0.39 is 5.92 Å². The lowest BCUT2D eigenvalue weighted by atomic mass is 9.91. The normalized spacial score (nSPS) is 23.0. The number of hydrogen-bond donors (Lipinski definition) is 2. The summed E-state index contributed by atoms with van der Waals surface area (Å²) in [5.41, 5.74) is 9.59. The van der Waals surface area contributed by atoms with Crippen LogP contribution in [0.1, 0.15) is 70.5 Å². The molecule has 304 valence electrons. The number of esters is 1. The van der Waals surface area contributed by atoms with Crippen molar-refractivity contribution in [2.24, 2.45) is 5.92 Å². The topological polar surface area (TPSA) is 175 Å². The van der Waals surface area contributed by atoms with E-state index >= 15 is 0 Å². The largest absolute Gasteiger partial charge is 0.507 e. The third-order valence-electron chi connectivity index (χ3n) is 11.9. The first-order valence-electron chi connectivity index (χ1n) is 20.3. The molecule has 0 spiro atoms. The van der Waals surface area contributed by atoms with E-state index in [4.69, 9.17) is 29.2 Å². The lowest BCUT2D eigenvalue weighted by Gasteiger charge is -2.43. The highest BCUT2D eigenvalue weighted by Gasteiger charge is 2.41. The number of piperazine rings is 1. The molecule has 3 saturated heterocycles. The monoisotopic (exact) mass is 782 g/mol. The molecule has 8 rings (SSSR count). The number of ether oxygens (including phenoxy) is 4. The third kappa shape index (κ3) is 8.74. The summed E-state index contributed by atoms with van der Waals surface area (Å²) in [6.45, 7) is 8.97. The molecule has 6 heterocycles. The lowest BCUT2D eigenvalue weighted by Crippen LogP contribution is -2.54. The van der Waals surface area contributed by atoms with Gasteiger partial charge in [0.2, 0.25) is 5.88 Å². The van der Waals surface area contributed by atoms with Crippen molar-refractivity contribution < 1.29 is 33.4 Å². The quantitative estimate of drug-likeness (QED) is 0.115. The summed E-state index contributed by atoms with van der Waals surface area (Å²) in [5.74, 6) is 1.27. The molecule has 3 N–H and O–H groups in total. The van der Waals surface area contributed by atoms with Crippen LogP contribution in [0.5, 0.6) is 17.5 Å². The number of para-hydroxylation sites is 1. The molecule has 4 fully saturated rings. The van der Waals surface area contributed by atoms with Crippen LogP contribution in [0.3, 0.4) is 0 Å². The average Bonchev–Trinajstić information content (AvgIpc) is 3.77. The van der Waals surface area contributed by atoms with Gasteiger partial charge in [-0.2, -0.15) is 0 Å². The van der Waals surface area contributed by atoms with Crippen molar-refractivity contribution in [3.8, 4) is 28.8 Å². The molecular formula is C42H54N8O7. The van der Waals surface area contributed by atoms with Crippen LogP contribution in [0.2, 0.25) is 0 Å². The molecule has 15 heteroatoms. The minimum absolute atomic E-state index is 0.0214. The maximum Gasteiger partial charge on any atom is 0.316 e. The zero-order valence-corrected chi connectivity index (χ0v) is 33.0. The number of phenolic OH excluding ortho intramolecular Hbond substituents is 1. The van der Waals surface area contributed by atoms with Gasteiger partial charge in [0, 0.05) is 87.2 Å². The van der Waals surface area contributed by atoms with E-state index in [9.17, 15) is 9.90 Å². The first-order valence-corrected chi connectivity index (χ1v) is 20.3. The number of benzene rings is 1. The van der Waals surface area contributed by atoms with Gasteiger partial charge in [0.15, 0.2) is 11.6 Å². The van der Waals surface area contributed by atoms with Crippen LogP contribution in [-0.4, -0.2) is 113 Å². The zero-order chi connectivity index (χ0) is 39.5. The van der Waals surface area contributed by atoms with Gasteiger partial charge in [-0.1, -0.05) is 26.0 Å². The number of anilines is 3. The van der Waals surface area contributed by atoms with E-state index in [0.29, 0.717) is 53.3 Å². The van der Waals surface area contributed by atoms with Gasteiger partial charge in [0.1, 0.15) is 17.8 Å². The first kappa shape index (κ1) is 38.7. The van der Waals surface area contributed by atoms with Gasteiger partial charge in [-0.3, -0.25) is 4.79 Å². The molecule has 2 bridgehead atoms. The Bertz CT molecular complexity index is 1970. The predicted molar refractivity (Wildman–Crippen MR) is 213 cm³/mol. The Kier molecular flexibility index (Phi) is 11.6. The first-order chi connectivity index (χ1) is 27.7. The number of nitrogen functional groups attached to an aromatic ring is 1. The molecule has 0 radical (unpaired) electrons. The minimum Gasteiger partial charge on any atom is -0.507 e. The SMILES string of the molecule is COC(=O)C(c1cc(OCCCN2CCC(O[C@H]3C[C@H](Oc4cc(N5C6CCC5CN(c5cc(-c7ccccc7O)nnc5N)C6)ccn4)C3)CC2)no1)C(C)C. The van der Waals surface area contributed by atoms with Gasteiger partial charge in [-0.25, -0.2) is 4.98 Å². The number of aromatic nitrogens is 4. The van der Waals surface area contributed by atoms with Crippen LogP contribution >= 0.6 is 0 Å². The highest BCUT2D eigenvalue weighted by Crippen LogP contribution is 2.40. The van der Waals surface area contributed by atoms with Crippen molar-refractivity contribution in [2.75, 3.05) is 62.0 Å². The Morgan fingerprint density at radius 1 is 0.965 bits per heavy atom. The number of methoxy groups -OCH3 is 1. The molecule has 3 unspecified atom stereocenters. The standard InChI is InChI=1S/C42H54N8O7/c1-26(2)40(42(52)53-3)37-23-39(47-57-37)54-18-6-15-48-16-12-30(13-17-48)55-31-20-32(21-31)56-38-19-27(11-14-44-38)50-28-9-10-29(50)25-49(24-28)35-22-34(45-46-41(35)43)33-7-4-5-8-36(33)51/h4-5,7-8,11,14,19,22-23,26,28-32,40,51H,6,9-10,12-13,15-18,20-21,24-25H2,1-3H3,(H2,43,46)/t28?,29?,31-,32-,40?. The van der Waals surface area contributed by atoms with Crippen molar-refractivity contribution >= 4 is 23.2 Å². The summed E-state index contributed by atoms with van der Waals surface area (Å²) >= 11 is 0. The molecule has 1 aromatic carbocycles. The highest BCUT2D eigenvalue weighted by atomic mass is 16.5. The smallest absolute Gasteiger partial charge is 0.316 e. The summed E-state index contributed by atoms with van der Waals surface area (Å²) in [6.07, 6.45) is 9.26. The van der Waals surface area contributed by atoms with E-state index in [0.717, 1.165) is 89.0 Å². The number of nitrogens with zero attached hydrogens (tertiary/aromatic N) is 7. The number of likely N-dealkylation sites (tertiary alicyclic amines) is 1. The summed E-state index contributed by atoms with van der Waals surface area (Å²) in [5, 5.41) is 22.9. The predicted octanol–water partition coefficient (Wildman–Crippen LogP) is 5.44. The molecule has 4 aromatic rings. The van der Waals surface area contributed by atoms with Gasteiger partial charge in [0.05, 0.1) is 37.3 Å². The number of carbonyl (C=O) groups excluding carboxylic acids is 1. The number of nitrogens with two attached hydrogens (primary N) is 1. The van der Waals surface area contributed by atoms with Gasteiger partial charge in [0.25, 0.3) is 5.88 Å². The molecule has 4 aliphatic rings. The second-order valence-corrected chi connectivity index (χ2v) is 16.1. The second kappa shape index (κ2) is 17.1. The fourth-order valence-corrected chi connectivity index (χ4v) is 8.84. The Hall–Kier alpha value is -5.15. The minimum atomic E-state index is -0.502. The highest BCUT2D eigenvalue weighted by molar-refractivity contribution is 5.77. The molecule has 1 saturated carbocycles. The van der Waals surface area contributed by atoms with Crippen LogP contribution in [-0.2, 0) is 14.3 Å². The van der Waals surface area contributed by atoms with E-state index in [1.165, 1.54) is 7.11 Å². The van der Waals surface area contributed by atoms with Crippen molar-refractivity contribution in [3.63, 3.8) is 0 Å². The lowest BCUT2D eigenvalue weighted by molar-refractivity contribution is -0.144. The Labute approximate surface area is 333 Å². The average molecular weight is 783 g/mol. The van der Waals surface area contributed by atoms with E-state index in [2.05, 4.69) is 47.2 Å². The molecule has 3 aliphatic heterocycles. The molecule has 0 amide bonds. The van der Waals surface area contributed by atoms with Crippen LogP contribution in [0, 0.1) is 5.92 Å². The van der Waals surface area contributed by atoms with Gasteiger partial charge >= 0.3 is 5.97 Å². The van der Waals surface area contributed by atoms with E-state index in [-0.39, 0.29) is 35.9 Å². The van der Waals surface area contributed by atoms with E-state index in [1.807, 2.05) is 38.2 Å². The summed E-state index contributed by atoms with van der Waals surface area (Å²) in [4.78, 5) is 24.0. The fraction of sp³-hybridized carbons (Fsp3) is 0.548. The molecule has 3 aromatic heterocycles. The maximum absolute atomic E-state index is 12.2. The van der Waals surface area contributed by atoms with Crippen LogP contribution in [0.4, 0.5) is 17.2 Å². The number of hydrogen-bond acceptors (Lipinski definition) is 15. The number of fused-ring (bicyclic) bond motifs is 2. The van der Waals surface area contributed by atoms with E-state index in [1.54, 1.807) is 18.2 Å². The summed E-state index contributed by atoms with van der Waals surface area (Å²) < 4.78 is 29.0. The van der Waals surface area contributed by atoms with Crippen molar-refractivity contribution in [2.45, 2.75) is 95.1 Å². The van der Waals surface area contributed by atoms with Gasteiger partial charge < -0.3 is 49.0 Å². The van der Waals surface area contributed by atoms with Crippen LogP contribution in [0.25, 0.3) is 11.3 Å².